The number of hydrogen-bond donors (Lipinski definition) is 2. The molecule has 10 heavy (non-hydrogen) atoms. The highest BCUT2D eigenvalue weighted by molar-refractivity contribution is 8.06. The molecule has 0 nitrogen and oxygen atoms in total. The quantitative estimate of drug-likeness (QED) is 0.533. The molecule has 0 N–H and O–H groups in total. The normalized spacial score (nSPS) is 27.3. The van der Waals surface area contributed by atoms with Crippen LogP contribution >= 0.6 is 48.8 Å². The van der Waals surface area contributed by atoms with Crippen LogP contribution in [0, 0.1) is 0 Å². The summed E-state index contributed by atoms with van der Waals surface area (Å²) >= 11 is 12.6. The summed E-state index contributed by atoms with van der Waals surface area (Å²) in [5, 5.41) is 0.804. The molecule has 1 unspecified atom stereocenters. The summed E-state index contributed by atoms with van der Waals surface area (Å²) in [6, 6.07) is 0. The van der Waals surface area contributed by atoms with Crippen molar-refractivity contribution in [1.29, 1.82) is 0 Å². The zero-order valence-corrected chi connectivity index (χ0v) is 9.12. The molecule has 1 fully saturated rings. The Labute approximate surface area is 82.1 Å². The smallest absolute Gasteiger partial charge is 0.0453 e. The minimum Gasteiger partial charge on any atom is -0.165 e. The van der Waals surface area contributed by atoms with Gasteiger partial charge in [-0.3, -0.25) is 0 Å². The van der Waals surface area contributed by atoms with Crippen LogP contribution in [-0.4, -0.2) is 27.1 Å². The Bertz CT molecular complexity index is 87.7. The molecule has 0 aromatic rings. The van der Waals surface area contributed by atoms with E-state index in [1.165, 1.54) is 17.3 Å². The molecule has 0 radical (unpaired) electrons. The van der Waals surface area contributed by atoms with Crippen LogP contribution in [0.25, 0.3) is 0 Å². The van der Waals surface area contributed by atoms with Crippen molar-refractivity contribution in [2.75, 3.05) is 17.3 Å². The lowest BCUT2D eigenvalue weighted by atomic mass is 10.4. The third-order valence-corrected chi connectivity index (χ3v) is 4.65. The van der Waals surface area contributed by atoms with Crippen molar-refractivity contribution in [3.8, 4) is 0 Å². The Morgan fingerprint density at radius 1 is 1.40 bits per heavy atom. The molecule has 60 valence electrons. The molecule has 0 spiro atoms. The molecule has 1 aliphatic rings. The summed E-state index contributed by atoms with van der Waals surface area (Å²) < 4.78 is 0.274. The van der Waals surface area contributed by atoms with Gasteiger partial charge in [-0.2, -0.15) is 48.8 Å². The number of thiol groups is 2. The summed E-state index contributed by atoms with van der Waals surface area (Å²) in [7, 11) is 0. The van der Waals surface area contributed by atoms with Gasteiger partial charge >= 0.3 is 0 Å². The second kappa shape index (κ2) is 5.12. The van der Waals surface area contributed by atoms with Crippen LogP contribution in [-0.2, 0) is 0 Å². The third kappa shape index (κ3) is 3.69. The van der Waals surface area contributed by atoms with E-state index >= 15 is 0 Å². The number of hydrogen-bond acceptors (Lipinski definition) is 4. The van der Waals surface area contributed by atoms with E-state index in [4.69, 9.17) is 0 Å². The molecule has 1 heterocycles. The van der Waals surface area contributed by atoms with Crippen molar-refractivity contribution in [3.63, 3.8) is 0 Å². The van der Waals surface area contributed by atoms with Crippen LogP contribution in [0.2, 0.25) is 0 Å². The first-order chi connectivity index (χ1) is 4.79. The fourth-order valence-corrected chi connectivity index (χ4v) is 4.46. The van der Waals surface area contributed by atoms with E-state index in [9.17, 15) is 0 Å². The predicted molar refractivity (Wildman–Crippen MR) is 59.9 cm³/mol. The molecule has 1 atom stereocenters. The first-order valence-corrected chi connectivity index (χ1v) is 6.58. The third-order valence-electron chi connectivity index (χ3n) is 1.36. The van der Waals surface area contributed by atoms with E-state index in [-0.39, 0.29) is 4.58 Å². The van der Waals surface area contributed by atoms with Gasteiger partial charge in [0, 0.05) is 27.1 Å². The fourth-order valence-electron chi connectivity index (χ4n) is 0.908. The molecule has 4 heteroatoms. The second-order valence-electron chi connectivity index (χ2n) is 2.28. The Morgan fingerprint density at radius 3 is 2.70 bits per heavy atom. The Kier molecular flexibility index (Phi) is 4.86. The number of rotatable bonds is 2. The molecule has 1 rings (SSSR count). The van der Waals surface area contributed by atoms with Gasteiger partial charge in [-0.15, -0.1) is 0 Å². The molecular weight excluding hydrogens is 200 g/mol. The lowest BCUT2D eigenvalue weighted by Crippen LogP contribution is -2.16. The number of thioether (sulfide) groups is 2. The van der Waals surface area contributed by atoms with Crippen molar-refractivity contribution in [1.82, 2.24) is 0 Å². The van der Waals surface area contributed by atoms with Crippen LogP contribution in [0.15, 0.2) is 0 Å². The molecule has 0 bridgehead atoms. The lowest BCUT2D eigenvalue weighted by Gasteiger charge is -2.21. The highest BCUT2D eigenvalue weighted by atomic mass is 32.2. The molecule has 0 amide bonds. The first kappa shape index (κ1) is 9.49. The summed E-state index contributed by atoms with van der Waals surface area (Å²) in [6.07, 6.45) is 1.14. The van der Waals surface area contributed by atoms with Crippen LogP contribution in [0.5, 0.6) is 0 Å². The zero-order chi connectivity index (χ0) is 7.40. The first-order valence-electron chi connectivity index (χ1n) is 3.34. The van der Waals surface area contributed by atoms with Gasteiger partial charge in [0.25, 0.3) is 0 Å². The van der Waals surface area contributed by atoms with E-state index in [0.717, 1.165) is 11.7 Å². The Balaban J connectivity index is 2.13. The molecule has 1 saturated heterocycles. The van der Waals surface area contributed by atoms with Crippen molar-refractivity contribution < 1.29 is 0 Å². The van der Waals surface area contributed by atoms with Crippen molar-refractivity contribution in [2.24, 2.45) is 0 Å². The van der Waals surface area contributed by atoms with E-state index in [1.54, 1.807) is 0 Å². The maximum Gasteiger partial charge on any atom is 0.0453 e. The van der Waals surface area contributed by atoms with Crippen LogP contribution < -0.4 is 0 Å². The second-order valence-corrected chi connectivity index (χ2v) is 6.50. The van der Waals surface area contributed by atoms with Crippen LogP contribution in [0.1, 0.15) is 6.42 Å². The van der Waals surface area contributed by atoms with Gasteiger partial charge in [-0.25, -0.2) is 0 Å². The Hall–Kier alpha value is 1.40. The summed E-state index contributed by atoms with van der Waals surface area (Å²) in [5.74, 6) is 3.93. The standard InChI is InChI=1S/C6H12S4/c7-6(8)3-5-4-9-1-2-10-5/h5-8H,1-4H2. The van der Waals surface area contributed by atoms with Gasteiger partial charge in [0.15, 0.2) is 0 Å². The van der Waals surface area contributed by atoms with Crippen molar-refractivity contribution in [3.05, 3.63) is 0 Å². The zero-order valence-electron chi connectivity index (χ0n) is 5.69. The van der Waals surface area contributed by atoms with Crippen LogP contribution in [0.4, 0.5) is 0 Å². The maximum absolute atomic E-state index is 4.25. The van der Waals surface area contributed by atoms with E-state index in [0.29, 0.717) is 0 Å². The SMILES string of the molecule is SC(S)CC1CSCCS1. The van der Waals surface area contributed by atoms with Crippen LogP contribution in [0.3, 0.4) is 0 Å². The van der Waals surface area contributed by atoms with E-state index in [2.05, 4.69) is 48.8 Å². The van der Waals surface area contributed by atoms with Crippen molar-refractivity contribution in [2.45, 2.75) is 16.3 Å². The van der Waals surface area contributed by atoms with Gasteiger partial charge < -0.3 is 0 Å². The molecule has 0 aliphatic carbocycles. The summed E-state index contributed by atoms with van der Waals surface area (Å²) in [6.45, 7) is 0. The van der Waals surface area contributed by atoms with Gasteiger partial charge in [0.1, 0.15) is 0 Å². The molecule has 1 aliphatic heterocycles. The highest BCUT2D eigenvalue weighted by Crippen LogP contribution is 2.28. The average molecular weight is 212 g/mol. The van der Waals surface area contributed by atoms with Gasteiger partial charge in [0.2, 0.25) is 0 Å². The highest BCUT2D eigenvalue weighted by Gasteiger charge is 2.15. The lowest BCUT2D eigenvalue weighted by molar-refractivity contribution is 0.901. The minimum atomic E-state index is 0.274. The monoisotopic (exact) mass is 212 g/mol. The van der Waals surface area contributed by atoms with Gasteiger partial charge in [0.05, 0.1) is 0 Å². The van der Waals surface area contributed by atoms with Crippen molar-refractivity contribution >= 4 is 48.8 Å². The van der Waals surface area contributed by atoms with Gasteiger partial charge in [-0.05, 0) is 6.42 Å². The minimum absolute atomic E-state index is 0.274. The molecule has 0 saturated carbocycles. The van der Waals surface area contributed by atoms with Gasteiger partial charge in [-0.1, -0.05) is 0 Å². The molecule has 0 aromatic carbocycles. The fraction of sp³-hybridized carbons (Fsp3) is 1.00. The predicted octanol–water partition coefficient (Wildman–Crippen LogP) is 2.41. The maximum atomic E-state index is 4.25. The summed E-state index contributed by atoms with van der Waals surface area (Å²) in [4.78, 5) is 0. The van der Waals surface area contributed by atoms with E-state index in [1.807, 2.05) is 0 Å². The molecular formula is C6H12S4. The largest absolute Gasteiger partial charge is 0.165 e. The summed E-state index contributed by atoms with van der Waals surface area (Å²) in [5.41, 5.74) is 0. The average Bonchev–Trinajstić information content (AvgIpc) is 1.88. The Morgan fingerprint density at radius 2 is 2.20 bits per heavy atom. The molecule has 0 aromatic heterocycles. The topological polar surface area (TPSA) is 0 Å². The van der Waals surface area contributed by atoms with E-state index < -0.39 is 0 Å².